The molecule has 7 atom stereocenters. The fraction of sp³-hybridized carbons (Fsp3) is 0.593. The number of rotatable bonds is 1. The Kier molecular flexibility index (Phi) is 4.44. The van der Waals surface area contributed by atoms with Crippen molar-refractivity contribution in [1.82, 2.24) is 0 Å². The Morgan fingerprint density at radius 1 is 1.07 bits per heavy atom. The van der Waals surface area contributed by atoms with Gasteiger partial charge in [0.15, 0.2) is 5.78 Å². The first-order chi connectivity index (χ1) is 13.8. The minimum absolute atomic E-state index is 0.163. The highest BCUT2D eigenvalue weighted by molar-refractivity contribution is 6.05. The van der Waals surface area contributed by atoms with Gasteiger partial charge in [0.05, 0.1) is 6.10 Å². The van der Waals surface area contributed by atoms with E-state index in [-0.39, 0.29) is 16.9 Å². The van der Waals surface area contributed by atoms with Crippen LogP contribution >= 0.6 is 0 Å². The molecule has 4 aliphatic carbocycles. The van der Waals surface area contributed by atoms with Gasteiger partial charge >= 0.3 is 0 Å². The summed E-state index contributed by atoms with van der Waals surface area (Å²) in [6.07, 6.45) is 9.01. The van der Waals surface area contributed by atoms with E-state index in [1.54, 1.807) is 0 Å². The van der Waals surface area contributed by atoms with Gasteiger partial charge in [-0.2, -0.15) is 0 Å². The minimum Gasteiger partial charge on any atom is -0.393 e. The number of aliphatic hydroxyl groups is 1. The molecule has 2 nitrogen and oxygen atoms in total. The van der Waals surface area contributed by atoms with Crippen LogP contribution in [0.3, 0.4) is 0 Å². The van der Waals surface area contributed by atoms with Crippen LogP contribution in [0, 0.1) is 34.5 Å². The van der Waals surface area contributed by atoms with Crippen molar-refractivity contribution in [3.8, 4) is 0 Å². The van der Waals surface area contributed by atoms with E-state index in [1.807, 2.05) is 18.2 Å². The van der Waals surface area contributed by atoms with Crippen molar-refractivity contribution in [2.45, 2.75) is 64.9 Å². The quantitative estimate of drug-likeness (QED) is 0.485. The van der Waals surface area contributed by atoms with Gasteiger partial charge in [0, 0.05) is 5.41 Å². The van der Waals surface area contributed by atoms with E-state index < -0.39 is 0 Å². The maximum atomic E-state index is 13.5. The number of carbonyl (C=O) groups excluding carboxylic acids is 1. The number of allylic oxidation sites excluding steroid dienone is 2. The number of aliphatic hydroxyl groups excluding tert-OH is 1. The Hall–Kier alpha value is -1.67. The van der Waals surface area contributed by atoms with Crippen molar-refractivity contribution in [1.29, 1.82) is 0 Å². The molecule has 0 aliphatic heterocycles. The largest absolute Gasteiger partial charge is 0.393 e. The lowest BCUT2D eigenvalue weighted by atomic mass is 9.44. The van der Waals surface area contributed by atoms with Crippen molar-refractivity contribution in [2.75, 3.05) is 0 Å². The lowest BCUT2D eigenvalue weighted by Crippen LogP contribution is -2.54. The number of hydrogen-bond donors (Lipinski definition) is 1. The fourth-order valence-electron chi connectivity index (χ4n) is 7.77. The average Bonchev–Trinajstić information content (AvgIpc) is 2.95. The molecule has 2 heteroatoms. The SMILES string of the molecule is C=C1C[C@@H]2[C@H](CC[C@]3(C)C(=O)C(=Cc4ccccc4)C[C@@H]23)[C@@]2(C)CCC(O)CC12. The highest BCUT2D eigenvalue weighted by atomic mass is 16.3. The van der Waals surface area contributed by atoms with Gasteiger partial charge in [0.1, 0.15) is 0 Å². The predicted molar refractivity (Wildman–Crippen MR) is 117 cm³/mol. The Balaban J connectivity index is 1.49. The Morgan fingerprint density at radius 3 is 2.59 bits per heavy atom. The lowest BCUT2D eigenvalue weighted by molar-refractivity contribution is -0.135. The van der Waals surface area contributed by atoms with E-state index in [0.717, 1.165) is 56.1 Å². The average molecular weight is 391 g/mol. The first-order valence-electron chi connectivity index (χ1n) is 11.5. The third-order valence-corrected chi connectivity index (χ3v) is 9.38. The smallest absolute Gasteiger partial charge is 0.165 e. The number of benzene rings is 1. The van der Waals surface area contributed by atoms with Gasteiger partial charge in [-0.05, 0) is 91.2 Å². The highest BCUT2D eigenvalue weighted by Crippen LogP contribution is 2.67. The topological polar surface area (TPSA) is 37.3 Å². The van der Waals surface area contributed by atoms with Crippen LogP contribution in [0.15, 0.2) is 48.1 Å². The summed E-state index contributed by atoms with van der Waals surface area (Å²) < 4.78 is 0. The zero-order valence-electron chi connectivity index (χ0n) is 17.9. The Labute approximate surface area is 175 Å². The highest BCUT2D eigenvalue weighted by Gasteiger charge is 2.61. The van der Waals surface area contributed by atoms with Crippen LogP contribution in [0.5, 0.6) is 0 Å². The summed E-state index contributed by atoms with van der Waals surface area (Å²) in [7, 11) is 0. The van der Waals surface area contributed by atoms with E-state index in [1.165, 1.54) is 5.57 Å². The Bertz CT molecular complexity index is 868. The summed E-state index contributed by atoms with van der Waals surface area (Å²) in [6, 6.07) is 10.3. The normalized spacial score (nSPS) is 45.6. The van der Waals surface area contributed by atoms with E-state index in [9.17, 15) is 9.90 Å². The third-order valence-electron chi connectivity index (χ3n) is 9.38. The van der Waals surface area contributed by atoms with Crippen molar-refractivity contribution in [3.05, 3.63) is 53.6 Å². The van der Waals surface area contributed by atoms with Crippen LogP contribution in [0.25, 0.3) is 6.08 Å². The summed E-state index contributed by atoms with van der Waals surface area (Å²) in [5, 5.41) is 10.3. The molecular weight excluding hydrogens is 356 g/mol. The molecule has 0 heterocycles. The minimum atomic E-state index is -0.209. The molecule has 1 aromatic rings. The summed E-state index contributed by atoms with van der Waals surface area (Å²) in [4.78, 5) is 13.5. The molecule has 1 aromatic carbocycles. The molecule has 154 valence electrons. The number of fused-ring (bicyclic) bond motifs is 5. The molecule has 0 aromatic heterocycles. The molecule has 0 radical (unpaired) electrons. The number of Topliss-reactive ketones (excluding diaryl/α,β-unsaturated/α-hetero) is 1. The number of carbonyl (C=O) groups is 1. The molecule has 0 amide bonds. The second-order valence-corrected chi connectivity index (χ2v) is 10.8. The third kappa shape index (κ3) is 2.82. The van der Waals surface area contributed by atoms with Gasteiger partial charge in [0.25, 0.3) is 0 Å². The second-order valence-electron chi connectivity index (χ2n) is 10.8. The van der Waals surface area contributed by atoms with Gasteiger partial charge in [-0.3, -0.25) is 4.79 Å². The first-order valence-corrected chi connectivity index (χ1v) is 11.5. The van der Waals surface area contributed by atoms with E-state index in [0.29, 0.717) is 29.5 Å². The van der Waals surface area contributed by atoms with Gasteiger partial charge in [-0.15, -0.1) is 0 Å². The van der Waals surface area contributed by atoms with Crippen LogP contribution in [-0.2, 0) is 4.79 Å². The van der Waals surface area contributed by atoms with Crippen LogP contribution < -0.4 is 0 Å². The molecule has 4 fully saturated rings. The number of hydrogen-bond acceptors (Lipinski definition) is 2. The van der Waals surface area contributed by atoms with Crippen molar-refractivity contribution < 1.29 is 9.90 Å². The first kappa shape index (κ1) is 19.3. The van der Waals surface area contributed by atoms with Crippen LogP contribution in [0.4, 0.5) is 0 Å². The zero-order valence-corrected chi connectivity index (χ0v) is 17.9. The predicted octanol–water partition coefficient (Wildman–Crippen LogP) is 5.82. The summed E-state index contributed by atoms with van der Waals surface area (Å²) in [5.74, 6) is 2.50. The standard InChI is InChI=1S/C27H34O2/c1-17-13-21-22(26(2)11-9-20(28)16-23(17)26)10-12-27(3)24(21)15-19(25(27)29)14-18-7-5-4-6-8-18/h4-8,14,20-24,28H,1,9-13,15-16H2,2-3H3/t20?,21-,22+,23?,24+,26-,27+/m1/s1. The maximum absolute atomic E-state index is 13.5. The van der Waals surface area contributed by atoms with Crippen molar-refractivity contribution >= 4 is 11.9 Å². The molecule has 0 spiro atoms. The molecule has 1 N–H and O–H groups in total. The van der Waals surface area contributed by atoms with Crippen molar-refractivity contribution in [3.63, 3.8) is 0 Å². The molecule has 0 saturated heterocycles. The molecule has 4 saturated carbocycles. The molecule has 29 heavy (non-hydrogen) atoms. The summed E-state index contributed by atoms with van der Waals surface area (Å²) in [5.41, 5.74) is 3.54. The molecule has 2 unspecified atom stereocenters. The van der Waals surface area contributed by atoms with Crippen LogP contribution in [0.2, 0.25) is 0 Å². The van der Waals surface area contributed by atoms with Gasteiger partial charge < -0.3 is 5.11 Å². The van der Waals surface area contributed by atoms with Gasteiger partial charge in [-0.1, -0.05) is 56.3 Å². The molecule has 0 bridgehead atoms. The monoisotopic (exact) mass is 390 g/mol. The molecular formula is C27H34O2. The van der Waals surface area contributed by atoms with E-state index >= 15 is 0 Å². The van der Waals surface area contributed by atoms with E-state index in [4.69, 9.17) is 0 Å². The maximum Gasteiger partial charge on any atom is 0.165 e. The van der Waals surface area contributed by atoms with Gasteiger partial charge in [0.2, 0.25) is 0 Å². The fourth-order valence-corrected chi connectivity index (χ4v) is 7.77. The van der Waals surface area contributed by atoms with Gasteiger partial charge in [-0.25, -0.2) is 0 Å². The van der Waals surface area contributed by atoms with Crippen LogP contribution in [0.1, 0.15) is 64.4 Å². The Morgan fingerprint density at radius 2 is 1.83 bits per heavy atom. The lowest BCUT2D eigenvalue weighted by Gasteiger charge is -2.60. The summed E-state index contributed by atoms with van der Waals surface area (Å²) in [6.45, 7) is 9.21. The number of ketones is 1. The zero-order chi connectivity index (χ0) is 20.4. The second kappa shape index (κ2) is 6.67. The van der Waals surface area contributed by atoms with Crippen molar-refractivity contribution in [2.24, 2.45) is 34.5 Å². The molecule has 4 aliphatic rings. The molecule has 5 rings (SSSR count). The summed E-state index contributed by atoms with van der Waals surface area (Å²) >= 11 is 0. The van der Waals surface area contributed by atoms with E-state index in [2.05, 4.69) is 38.6 Å². The van der Waals surface area contributed by atoms with Crippen LogP contribution in [-0.4, -0.2) is 17.0 Å².